The predicted molar refractivity (Wildman–Crippen MR) is 106 cm³/mol. The Morgan fingerprint density at radius 1 is 1.18 bits per heavy atom. The van der Waals surface area contributed by atoms with Crippen molar-refractivity contribution in [3.05, 3.63) is 75.5 Å². The summed E-state index contributed by atoms with van der Waals surface area (Å²) in [5.74, 6) is 0.390. The number of pyridine rings is 1. The Labute approximate surface area is 162 Å². The molecule has 0 aliphatic carbocycles. The van der Waals surface area contributed by atoms with Crippen LogP contribution >= 0.6 is 0 Å². The zero-order valence-electron chi connectivity index (χ0n) is 15.6. The van der Waals surface area contributed by atoms with Crippen LogP contribution < -0.4 is 10.9 Å². The number of carbonyl (C=O) groups excluding carboxylic acids is 1. The average molecular weight is 373 g/mol. The fourth-order valence-corrected chi connectivity index (χ4v) is 3.01. The molecule has 0 atom stereocenters. The van der Waals surface area contributed by atoms with Crippen LogP contribution in [0.25, 0.3) is 11.4 Å². The molecule has 7 nitrogen and oxygen atoms in total. The molecular formula is C21H19N5O2. The molecule has 1 amide bonds. The molecule has 0 saturated heterocycles. The molecule has 0 saturated carbocycles. The number of hydrogen-bond donors (Lipinski definition) is 2. The van der Waals surface area contributed by atoms with Gasteiger partial charge in [-0.25, -0.2) is 9.97 Å². The number of nitrogens with zero attached hydrogens (tertiary/aromatic N) is 3. The van der Waals surface area contributed by atoms with Gasteiger partial charge in [0.1, 0.15) is 11.6 Å². The van der Waals surface area contributed by atoms with Crippen LogP contribution in [0.1, 0.15) is 28.8 Å². The number of anilines is 1. The van der Waals surface area contributed by atoms with E-state index in [-0.39, 0.29) is 17.9 Å². The minimum absolute atomic E-state index is 0.0888. The Morgan fingerprint density at radius 3 is 2.50 bits per heavy atom. The Morgan fingerprint density at radius 2 is 1.86 bits per heavy atom. The van der Waals surface area contributed by atoms with Gasteiger partial charge in [0, 0.05) is 17.7 Å². The van der Waals surface area contributed by atoms with Gasteiger partial charge in [-0.2, -0.15) is 5.26 Å². The van der Waals surface area contributed by atoms with Gasteiger partial charge >= 0.3 is 0 Å². The third-order valence-electron chi connectivity index (χ3n) is 4.49. The van der Waals surface area contributed by atoms with Crippen molar-refractivity contribution in [2.45, 2.75) is 26.7 Å². The molecule has 2 heterocycles. The predicted octanol–water partition coefficient (Wildman–Crippen LogP) is 2.89. The van der Waals surface area contributed by atoms with E-state index < -0.39 is 5.56 Å². The Kier molecular flexibility index (Phi) is 5.61. The summed E-state index contributed by atoms with van der Waals surface area (Å²) in [6, 6.07) is 11.5. The largest absolute Gasteiger partial charge is 0.325 e. The Balaban J connectivity index is 1.66. The summed E-state index contributed by atoms with van der Waals surface area (Å²) >= 11 is 0. The van der Waals surface area contributed by atoms with Crippen molar-refractivity contribution in [1.29, 1.82) is 5.26 Å². The second kappa shape index (κ2) is 8.27. The van der Waals surface area contributed by atoms with Crippen molar-refractivity contribution in [2.24, 2.45) is 0 Å². The molecule has 0 aliphatic rings. The summed E-state index contributed by atoms with van der Waals surface area (Å²) in [5, 5.41) is 11.9. The minimum Gasteiger partial charge on any atom is -0.325 e. The van der Waals surface area contributed by atoms with E-state index in [9.17, 15) is 9.59 Å². The summed E-state index contributed by atoms with van der Waals surface area (Å²) in [4.78, 5) is 35.3. The van der Waals surface area contributed by atoms with E-state index in [2.05, 4.69) is 20.3 Å². The van der Waals surface area contributed by atoms with Gasteiger partial charge < -0.3 is 10.3 Å². The number of aromatic amines is 1. The average Bonchev–Trinajstić information content (AvgIpc) is 2.69. The van der Waals surface area contributed by atoms with Crippen molar-refractivity contribution >= 4 is 11.6 Å². The first-order chi connectivity index (χ1) is 13.5. The number of rotatable bonds is 5. The van der Waals surface area contributed by atoms with E-state index in [1.807, 2.05) is 36.4 Å². The van der Waals surface area contributed by atoms with Crippen molar-refractivity contribution in [2.75, 3.05) is 5.32 Å². The van der Waals surface area contributed by atoms with Crippen molar-refractivity contribution < 1.29 is 4.79 Å². The van der Waals surface area contributed by atoms with Crippen LogP contribution in [0.4, 0.5) is 5.69 Å². The second-order valence-electron chi connectivity index (χ2n) is 6.38. The molecule has 2 N–H and O–H groups in total. The number of aryl methyl sites for hydroxylation is 1. The maximum absolute atomic E-state index is 12.3. The molecule has 0 radical (unpaired) electrons. The highest BCUT2D eigenvalue weighted by molar-refractivity contribution is 5.90. The van der Waals surface area contributed by atoms with Crippen molar-refractivity contribution in [1.82, 2.24) is 15.0 Å². The summed E-state index contributed by atoms with van der Waals surface area (Å²) in [6.07, 6.45) is 3.76. The van der Waals surface area contributed by atoms with Crippen LogP contribution in [0.15, 0.2) is 47.5 Å². The number of hydrogen-bond acceptors (Lipinski definition) is 5. The highest BCUT2D eigenvalue weighted by Gasteiger charge is 2.13. The lowest BCUT2D eigenvalue weighted by atomic mass is 9.99. The number of carbonyl (C=O) groups is 1. The van der Waals surface area contributed by atoms with Crippen LogP contribution in [0.3, 0.4) is 0 Å². The molecule has 0 aliphatic heterocycles. The molecule has 1 aromatic carbocycles. The summed E-state index contributed by atoms with van der Waals surface area (Å²) < 4.78 is 0. The molecule has 3 aromatic rings. The maximum Gasteiger partial charge on any atom is 0.266 e. The first-order valence-electron chi connectivity index (χ1n) is 8.79. The van der Waals surface area contributed by atoms with E-state index in [0.29, 0.717) is 29.2 Å². The molecule has 7 heteroatoms. The van der Waals surface area contributed by atoms with Gasteiger partial charge in [-0.3, -0.25) is 9.59 Å². The zero-order valence-corrected chi connectivity index (χ0v) is 15.6. The molecular weight excluding hydrogens is 354 g/mol. The number of amides is 1. The van der Waals surface area contributed by atoms with E-state index in [4.69, 9.17) is 5.26 Å². The van der Waals surface area contributed by atoms with Crippen LogP contribution in [0.2, 0.25) is 0 Å². The summed E-state index contributed by atoms with van der Waals surface area (Å²) in [7, 11) is 0. The van der Waals surface area contributed by atoms with E-state index in [1.54, 1.807) is 26.2 Å². The van der Waals surface area contributed by atoms with Gasteiger partial charge in [-0.05, 0) is 31.4 Å². The topological polar surface area (TPSA) is 112 Å². The lowest BCUT2D eigenvalue weighted by molar-refractivity contribution is -0.116. The molecule has 0 spiro atoms. The van der Waals surface area contributed by atoms with Gasteiger partial charge in [-0.15, -0.1) is 0 Å². The highest BCUT2D eigenvalue weighted by Crippen LogP contribution is 2.17. The first kappa shape index (κ1) is 19.0. The number of H-pyrrole nitrogens is 1. The highest BCUT2D eigenvalue weighted by atomic mass is 16.1. The molecule has 0 bridgehead atoms. The number of nitrogens with one attached hydrogen (secondary N) is 2. The monoisotopic (exact) mass is 373 g/mol. The molecule has 28 heavy (non-hydrogen) atoms. The summed E-state index contributed by atoms with van der Waals surface area (Å²) in [6.45, 7) is 3.49. The fourth-order valence-electron chi connectivity index (χ4n) is 3.01. The third-order valence-corrected chi connectivity index (χ3v) is 4.49. The number of aromatic nitrogens is 3. The second-order valence-corrected chi connectivity index (χ2v) is 6.38. The molecule has 140 valence electrons. The molecule has 0 fully saturated rings. The SMILES string of the molecule is Cc1[nH]c(=O)c(C#N)c(C)c1CCC(=O)Nc1cnc(-c2ccccc2)nc1. The normalized spacial score (nSPS) is 10.3. The molecule has 2 aromatic heterocycles. The van der Waals surface area contributed by atoms with E-state index in [0.717, 1.165) is 11.1 Å². The van der Waals surface area contributed by atoms with Gasteiger partial charge in [0.2, 0.25) is 5.91 Å². The van der Waals surface area contributed by atoms with Gasteiger partial charge in [0.05, 0.1) is 18.1 Å². The zero-order chi connectivity index (χ0) is 20.1. The quantitative estimate of drug-likeness (QED) is 0.714. The van der Waals surface area contributed by atoms with Crippen LogP contribution in [-0.4, -0.2) is 20.9 Å². The summed E-state index contributed by atoms with van der Waals surface area (Å²) in [5.41, 5.74) is 3.20. The van der Waals surface area contributed by atoms with Crippen LogP contribution in [0.5, 0.6) is 0 Å². The fraction of sp³-hybridized carbons (Fsp3) is 0.190. The van der Waals surface area contributed by atoms with Crippen LogP contribution in [0, 0.1) is 25.2 Å². The number of nitriles is 1. The lowest BCUT2D eigenvalue weighted by Crippen LogP contribution is -2.18. The maximum atomic E-state index is 12.3. The molecule has 3 rings (SSSR count). The van der Waals surface area contributed by atoms with Crippen molar-refractivity contribution in [3.63, 3.8) is 0 Å². The van der Waals surface area contributed by atoms with Gasteiger partial charge in [-0.1, -0.05) is 30.3 Å². The van der Waals surface area contributed by atoms with Gasteiger partial charge in [0.15, 0.2) is 5.82 Å². The standard InChI is InChI=1S/C21H19N5O2/c1-13-17(14(2)25-21(28)18(13)10-22)8-9-19(27)26-16-11-23-20(24-12-16)15-6-4-3-5-7-15/h3-7,11-12H,8-9H2,1-2H3,(H,25,28)(H,26,27). The van der Waals surface area contributed by atoms with E-state index in [1.165, 1.54) is 0 Å². The lowest BCUT2D eigenvalue weighted by Gasteiger charge is -2.11. The third kappa shape index (κ3) is 4.13. The molecule has 0 unspecified atom stereocenters. The first-order valence-corrected chi connectivity index (χ1v) is 8.79. The van der Waals surface area contributed by atoms with E-state index >= 15 is 0 Å². The Bertz CT molecular complexity index is 1100. The van der Waals surface area contributed by atoms with Crippen LogP contribution in [-0.2, 0) is 11.2 Å². The smallest absolute Gasteiger partial charge is 0.266 e. The van der Waals surface area contributed by atoms with Crippen molar-refractivity contribution in [3.8, 4) is 17.5 Å². The minimum atomic E-state index is -0.402. The Hall–Kier alpha value is -3.79. The number of benzene rings is 1. The van der Waals surface area contributed by atoms with Gasteiger partial charge in [0.25, 0.3) is 5.56 Å².